The minimum Gasteiger partial charge on any atom is -0.383 e. The van der Waals surface area contributed by atoms with E-state index in [4.69, 9.17) is 10.5 Å². The SMILES string of the molecule is CCC(CSC)N(C)C(=O)C(N)COC. The molecule has 0 aromatic rings. The number of carbonyl (C=O) groups excluding carboxylic acids is 1. The van der Waals surface area contributed by atoms with Crippen molar-refractivity contribution in [3.05, 3.63) is 0 Å². The van der Waals surface area contributed by atoms with Crippen molar-refractivity contribution >= 4 is 17.7 Å². The Morgan fingerprint density at radius 2 is 2.20 bits per heavy atom. The van der Waals surface area contributed by atoms with Gasteiger partial charge in [-0.15, -0.1) is 0 Å². The van der Waals surface area contributed by atoms with Gasteiger partial charge in [-0.2, -0.15) is 11.8 Å². The molecule has 0 heterocycles. The van der Waals surface area contributed by atoms with E-state index < -0.39 is 6.04 Å². The molecule has 0 aliphatic rings. The van der Waals surface area contributed by atoms with Crippen LogP contribution in [0.4, 0.5) is 0 Å². The van der Waals surface area contributed by atoms with Crippen molar-refractivity contribution in [1.82, 2.24) is 4.90 Å². The summed E-state index contributed by atoms with van der Waals surface area (Å²) in [7, 11) is 3.36. The number of likely N-dealkylation sites (N-methyl/N-ethyl adjacent to an activating group) is 1. The van der Waals surface area contributed by atoms with Crippen LogP contribution < -0.4 is 5.73 Å². The van der Waals surface area contributed by atoms with Gasteiger partial charge in [-0.25, -0.2) is 0 Å². The maximum absolute atomic E-state index is 11.8. The van der Waals surface area contributed by atoms with Gasteiger partial charge in [-0.1, -0.05) is 6.92 Å². The first-order valence-electron chi connectivity index (χ1n) is 5.08. The number of nitrogens with zero attached hydrogens (tertiary/aromatic N) is 1. The molecule has 0 bridgehead atoms. The Balaban J connectivity index is 4.26. The first kappa shape index (κ1) is 14.7. The fourth-order valence-corrected chi connectivity index (χ4v) is 2.23. The van der Waals surface area contributed by atoms with Gasteiger partial charge in [0, 0.05) is 26.0 Å². The Hall–Kier alpha value is -0.260. The van der Waals surface area contributed by atoms with Crippen molar-refractivity contribution in [3.8, 4) is 0 Å². The van der Waals surface area contributed by atoms with Crippen LogP contribution in [0.5, 0.6) is 0 Å². The summed E-state index contributed by atoms with van der Waals surface area (Å²) >= 11 is 1.74. The predicted octanol–water partition coefficient (Wildman–Crippen LogP) is 0.560. The van der Waals surface area contributed by atoms with Gasteiger partial charge < -0.3 is 15.4 Å². The highest BCUT2D eigenvalue weighted by Gasteiger charge is 2.22. The van der Waals surface area contributed by atoms with E-state index in [2.05, 4.69) is 6.92 Å². The minimum atomic E-state index is -0.545. The average Bonchev–Trinajstić information content (AvgIpc) is 2.24. The van der Waals surface area contributed by atoms with E-state index in [1.807, 2.05) is 13.3 Å². The molecule has 5 heteroatoms. The lowest BCUT2D eigenvalue weighted by atomic mass is 10.2. The molecule has 0 aromatic heterocycles. The lowest BCUT2D eigenvalue weighted by Gasteiger charge is -2.28. The summed E-state index contributed by atoms with van der Waals surface area (Å²) in [6.07, 6.45) is 2.98. The van der Waals surface area contributed by atoms with Crippen molar-refractivity contribution in [2.75, 3.05) is 32.8 Å². The molecule has 0 aliphatic carbocycles. The maximum Gasteiger partial charge on any atom is 0.241 e. The lowest BCUT2D eigenvalue weighted by molar-refractivity contribution is -0.134. The van der Waals surface area contributed by atoms with Crippen LogP contribution >= 0.6 is 11.8 Å². The van der Waals surface area contributed by atoms with Crippen LogP contribution in [0.25, 0.3) is 0 Å². The number of rotatable bonds is 7. The largest absolute Gasteiger partial charge is 0.383 e. The van der Waals surface area contributed by atoms with E-state index in [0.29, 0.717) is 0 Å². The number of methoxy groups -OCH3 is 1. The van der Waals surface area contributed by atoms with Crippen LogP contribution in [-0.4, -0.2) is 55.7 Å². The van der Waals surface area contributed by atoms with Gasteiger partial charge in [0.25, 0.3) is 0 Å². The van der Waals surface area contributed by atoms with Crippen LogP contribution in [-0.2, 0) is 9.53 Å². The standard InChI is InChI=1S/C10H22N2O2S/c1-5-8(7-15-4)12(2)10(13)9(11)6-14-3/h8-9H,5-7,11H2,1-4H3. The molecule has 0 radical (unpaired) electrons. The summed E-state index contributed by atoms with van der Waals surface area (Å²) in [5, 5.41) is 0. The maximum atomic E-state index is 11.8. The average molecular weight is 234 g/mol. The number of amides is 1. The third kappa shape index (κ3) is 4.86. The van der Waals surface area contributed by atoms with Crippen molar-refractivity contribution in [1.29, 1.82) is 0 Å². The zero-order valence-corrected chi connectivity index (χ0v) is 10.8. The zero-order valence-electron chi connectivity index (χ0n) is 10.0. The van der Waals surface area contributed by atoms with Crippen molar-refractivity contribution in [3.63, 3.8) is 0 Å². The Morgan fingerprint density at radius 3 is 2.60 bits per heavy atom. The van der Waals surface area contributed by atoms with E-state index in [1.165, 1.54) is 0 Å². The molecular formula is C10H22N2O2S. The second-order valence-corrected chi connectivity index (χ2v) is 4.44. The summed E-state index contributed by atoms with van der Waals surface area (Å²) in [5.74, 6) is 0.899. The number of carbonyl (C=O) groups is 1. The van der Waals surface area contributed by atoms with Crippen LogP contribution in [0.3, 0.4) is 0 Å². The van der Waals surface area contributed by atoms with Crippen LogP contribution in [0, 0.1) is 0 Å². The van der Waals surface area contributed by atoms with Gasteiger partial charge in [0.2, 0.25) is 5.91 Å². The molecule has 2 atom stereocenters. The van der Waals surface area contributed by atoms with Gasteiger partial charge in [0.1, 0.15) is 6.04 Å². The fraction of sp³-hybridized carbons (Fsp3) is 0.900. The minimum absolute atomic E-state index is 0.0437. The van der Waals surface area contributed by atoms with Gasteiger partial charge in [0.15, 0.2) is 0 Å². The topological polar surface area (TPSA) is 55.6 Å². The highest BCUT2D eigenvalue weighted by molar-refractivity contribution is 7.98. The molecule has 1 amide bonds. The summed E-state index contributed by atoms with van der Waals surface area (Å²) in [6, 6.07) is -0.286. The Morgan fingerprint density at radius 1 is 1.60 bits per heavy atom. The van der Waals surface area contributed by atoms with E-state index in [-0.39, 0.29) is 18.6 Å². The normalized spacial score (nSPS) is 14.7. The molecule has 0 spiro atoms. The molecular weight excluding hydrogens is 212 g/mol. The van der Waals surface area contributed by atoms with Crippen LogP contribution in [0.15, 0.2) is 0 Å². The number of hydrogen-bond donors (Lipinski definition) is 1. The van der Waals surface area contributed by atoms with Crippen molar-refractivity contribution < 1.29 is 9.53 Å². The molecule has 0 rings (SSSR count). The Bertz CT molecular complexity index is 190. The van der Waals surface area contributed by atoms with Gasteiger partial charge in [-0.3, -0.25) is 4.79 Å². The molecule has 0 saturated carbocycles. The quantitative estimate of drug-likeness (QED) is 0.699. The molecule has 2 N–H and O–H groups in total. The van der Waals surface area contributed by atoms with Gasteiger partial charge >= 0.3 is 0 Å². The Labute approximate surface area is 96.5 Å². The van der Waals surface area contributed by atoms with Gasteiger partial charge in [0.05, 0.1) is 6.61 Å². The number of ether oxygens (including phenoxy) is 1. The number of hydrogen-bond acceptors (Lipinski definition) is 4. The van der Waals surface area contributed by atoms with Crippen molar-refractivity contribution in [2.45, 2.75) is 25.4 Å². The first-order chi connectivity index (χ1) is 7.08. The first-order valence-corrected chi connectivity index (χ1v) is 6.47. The van der Waals surface area contributed by atoms with Gasteiger partial charge in [-0.05, 0) is 12.7 Å². The van der Waals surface area contributed by atoms with Crippen LogP contribution in [0.2, 0.25) is 0 Å². The third-order valence-corrected chi connectivity index (χ3v) is 3.11. The lowest BCUT2D eigenvalue weighted by Crippen LogP contribution is -2.49. The summed E-state index contributed by atoms with van der Waals surface area (Å²) < 4.78 is 4.87. The highest BCUT2D eigenvalue weighted by atomic mass is 32.2. The summed E-state index contributed by atoms with van der Waals surface area (Å²) in [5.41, 5.74) is 5.69. The molecule has 0 fully saturated rings. The second kappa shape index (κ2) is 7.96. The van der Waals surface area contributed by atoms with E-state index in [0.717, 1.165) is 12.2 Å². The third-order valence-electron chi connectivity index (χ3n) is 2.39. The molecule has 4 nitrogen and oxygen atoms in total. The van der Waals surface area contributed by atoms with E-state index in [9.17, 15) is 4.79 Å². The molecule has 0 aliphatic heterocycles. The number of nitrogens with two attached hydrogens (primary N) is 1. The van der Waals surface area contributed by atoms with Crippen LogP contribution in [0.1, 0.15) is 13.3 Å². The summed E-state index contributed by atoms with van der Waals surface area (Å²) in [4.78, 5) is 13.6. The Kier molecular flexibility index (Phi) is 7.82. The second-order valence-electron chi connectivity index (χ2n) is 3.53. The highest BCUT2D eigenvalue weighted by Crippen LogP contribution is 2.09. The van der Waals surface area contributed by atoms with E-state index in [1.54, 1.807) is 23.8 Å². The molecule has 2 unspecified atom stereocenters. The molecule has 0 saturated heterocycles. The fourth-order valence-electron chi connectivity index (χ4n) is 1.39. The predicted molar refractivity (Wildman–Crippen MR) is 65.1 cm³/mol. The summed E-state index contributed by atoms with van der Waals surface area (Å²) in [6.45, 7) is 2.35. The number of thioether (sulfide) groups is 1. The molecule has 0 aromatic carbocycles. The molecule has 15 heavy (non-hydrogen) atoms. The smallest absolute Gasteiger partial charge is 0.241 e. The monoisotopic (exact) mass is 234 g/mol. The molecule has 90 valence electrons. The van der Waals surface area contributed by atoms with Crippen molar-refractivity contribution in [2.24, 2.45) is 5.73 Å². The van der Waals surface area contributed by atoms with E-state index >= 15 is 0 Å². The zero-order chi connectivity index (χ0) is 11.8.